The number of aliphatic hydroxyl groups excluding tert-OH is 1. The van der Waals surface area contributed by atoms with Gasteiger partial charge in [-0.2, -0.15) is 0 Å². The molecule has 0 aromatic carbocycles. The Balaban J connectivity index is 2.34. The number of Topliss-reactive ketones (excluding diaryl/α,β-unsaturated/α-hetero) is 1. The summed E-state index contributed by atoms with van der Waals surface area (Å²) in [4.78, 5) is 22.2. The molecule has 16 heavy (non-hydrogen) atoms. The second-order valence-electron chi connectivity index (χ2n) is 4.54. The van der Waals surface area contributed by atoms with Crippen molar-refractivity contribution >= 4 is 11.8 Å². The number of rotatable bonds is 7. The Labute approximate surface area is 95.7 Å². The first-order chi connectivity index (χ1) is 7.65. The van der Waals surface area contributed by atoms with Gasteiger partial charge in [-0.1, -0.05) is 12.8 Å². The zero-order valence-electron chi connectivity index (χ0n) is 9.52. The first kappa shape index (κ1) is 13.2. The first-order valence-corrected chi connectivity index (χ1v) is 6.00. The Bertz CT molecular complexity index is 249. The van der Waals surface area contributed by atoms with E-state index in [0.29, 0.717) is 6.42 Å². The van der Waals surface area contributed by atoms with E-state index in [9.17, 15) is 9.59 Å². The molecule has 1 rings (SSSR count). The highest BCUT2D eigenvalue weighted by atomic mass is 16.4. The second kappa shape index (κ2) is 6.63. The van der Waals surface area contributed by atoms with Gasteiger partial charge in [0.15, 0.2) is 0 Å². The topological polar surface area (TPSA) is 74.6 Å². The lowest BCUT2D eigenvalue weighted by Crippen LogP contribution is -2.17. The van der Waals surface area contributed by atoms with Crippen molar-refractivity contribution in [2.24, 2.45) is 11.8 Å². The van der Waals surface area contributed by atoms with Crippen LogP contribution in [-0.4, -0.2) is 28.6 Å². The lowest BCUT2D eigenvalue weighted by Gasteiger charge is -2.16. The summed E-state index contributed by atoms with van der Waals surface area (Å²) in [5, 5.41) is 17.4. The molecule has 1 aliphatic carbocycles. The summed E-state index contributed by atoms with van der Waals surface area (Å²) < 4.78 is 0. The van der Waals surface area contributed by atoms with Gasteiger partial charge in [-0.3, -0.25) is 9.59 Å². The number of carboxylic acid groups (broad SMARTS) is 1. The molecular formula is C12H20O4. The maximum atomic E-state index is 11.6. The highest BCUT2D eigenvalue weighted by molar-refractivity contribution is 5.84. The molecule has 2 atom stereocenters. The fraction of sp³-hybridized carbons (Fsp3) is 0.833. The SMILES string of the molecule is O=C(O)C[C@H]1CCC(=O)[C@@H]1CCCCCO. The molecular weight excluding hydrogens is 208 g/mol. The molecule has 1 saturated carbocycles. The summed E-state index contributed by atoms with van der Waals surface area (Å²) in [6, 6.07) is 0. The molecule has 0 spiro atoms. The van der Waals surface area contributed by atoms with Gasteiger partial charge in [-0.25, -0.2) is 0 Å². The van der Waals surface area contributed by atoms with E-state index >= 15 is 0 Å². The Morgan fingerprint density at radius 2 is 2.06 bits per heavy atom. The van der Waals surface area contributed by atoms with Crippen molar-refractivity contribution in [2.45, 2.75) is 44.9 Å². The lowest BCUT2D eigenvalue weighted by molar-refractivity contribution is -0.138. The van der Waals surface area contributed by atoms with Gasteiger partial charge in [-0.05, 0) is 25.2 Å². The Morgan fingerprint density at radius 3 is 2.69 bits per heavy atom. The monoisotopic (exact) mass is 228 g/mol. The zero-order valence-corrected chi connectivity index (χ0v) is 9.52. The van der Waals surface area contributed by atoms with Gasteiger partial charge in [0.1, 0.15) is 5.78 Å². The van der Waals surface area contributed by atoms with E-state index in [1.54, 1.807) is 0 Å². The van der Waals surface area contributed by atoms with Crippen LogP contribution in [0, 0.1) is 11.8 Å². The molecule has 0 saturated heterocycles. The highest BCUT2D eigenvalue weighted by Gasteiger charge is 2.34. The molecule has 0 aromatic rings. The lowest BCUT2D eigenvalue weighted by atomic mass is 9.88. The summed E-state index contributed by atoms with van der Waals surface area (Å²) >= 11 is 0. The molecule has 0 radical (unpaired) electrons. The predicted molar refractivity (Wildman–Crippen MR) is 59.0 cm³/mol. The van der Waals surface area contributed by atoms with E-state index in [1.165, 1.54) is 0 Å². The van der Waals surface area contributed by atoms with Crippen LogP contribution >= 0.6 is 0 Å². The fourth-order valence-electron chi connectivity index (χ4n) is 2.50. The van der Waals surface area contributed by atoms with Crippen LogP contribution in [0.5, 0.6) is 0 Å². The van der Waals surface area contributed by atoms with E-state index in [0.717, 1.165) is 32.1 Å². The number of aliphatic carboxylic acids is 1. The van der Waals surface area contributed by atoms with Crippen LogP contribution in [0.4, 0.5) is 0 Å². The summed E-state index contributed by atoms with van der Waals surface area (Å²) in [5.41, 5.74) is 0. The van der Waals surface area contributed by atoms with Gasteiger partial charge in [0.2, 0.25) is 0 Å². The maximum Gasteiger partial charge on any atom is 0.303 e. The van der Waals surface area contributed by atoms with Crippen LogP contribution in [0.1, 0.15) is 44.9 Å². The summed E-state index contributed by atoms with van der Waals surface area (Å²) in [6.07, 6.45) is 4.78. The van der Waals surface area contributed by atoms with E-state index in [-0.39, 0.29) is 30.6 Å². The van der Waals surface area contributed by atoms with Crippen molar-refractivity contribution in [3.8, 4) is 0 Å². The Kier molecular flexibility index (Phi) is 5.46. The number of ketones is 1. The molecule has 0 heterocycles. The number of hydrogen-bond donors (Lipinski definition) is 2. The molecule has 0 aliphatic heterocycles. The van der Waals surface area contributed by atoms with Gasteiger partial charge in [0.05, 0.1) is 0 Å². The molecule has 1 fully saturated rings. The number of hydrogen-bond acceptors (Lipinski definition) is 3. The largest absolute Gasteiger partial charge is 0.481 e. The average Bonchev–Trinajstić information content (AvgIpc) is 2.55. The van der Waals surface area contributed by atoms with E-state index in [4.69, 9.17) is 10.2 Å². The smallest absolute Gasteiger partial charge is 0.303 e. The molecule has 0 bridgehead atoms. The van der Waals surface area contributed by atoms with Crippen molar-refractivity contribution in [1.29, 1.82) is 0 Å². The van der Waals surface area contributed by atoms with Crippen molar-refractivity contribution in [1.82, 2.24) is 0 Å². The first-order valence-electron chi connectivity index (χ1n) is 6.00. The Morgan fingerprint density at radius 1 is 1.31 bits per heavy atom. The van der Waals surface area contributed by atoms with E-state index < -0.39 is 5.97 Å². The number of carbonyl (C=O) groups excluding carboxylic acids is 1. The van der Waals surface area contributed by atoms with Crippen LogP contribution in [0.25, 0.3) is 0 Å². The number of unbranched alkanes of at least 4 members (excludes halogenated alkanes) is 2. The van der Waals surface area contributed by atoms with Gasteiger partial charge >= 0.3 is 5.97 Å². The molecule has 0 unspecified atom stereocenters. The molecule has 0 amide bonds. The third kappa shape index (κ3) is 3.93. The predicted octanol–water partition coefficient (Wildman–Crippen LogP) is 1.61. The third-order valence-corrected chi connectivity index (χ3v) is 3.35. The van der Waals surface area contributed by atoms with Crippen molar-refractivity contribution < 1.29 is 19.8 Å². The van der Waals surface area contributed by atoms with Gasteiger partial charge < -0.3 is 10.2 Å². The maximum absolute atomic E-state index is 11.6. The quantitative estimate of drug-likeness (QED) is 0.649. The summed E-state index contributed by atoms with van der Waals surface area (Å²) in [5.74, 6) is -0.579. The average molecular weight is 228 g/mol. The summed E-state index contributed by atoms with van der Waals surface area (Å²) in [7, 11) is 0. The van der Waals surface area contributed by atoms with Gasteiger partial charge in [-0.15, -0.1) is 0 Å². The van der Waals surface area contributed by atoms with E-state index in [1.807, 2.05) is 0 Å². The van der Waals surface area contributed by atoms with Crippen molar-refractivity contribution in [3.63, 3.8) is 0 Å². The van der Waals surface area contributed by atoms with Crippen LogP contribution in [-0.2, 0) is 9.59 Å². The zero-order chi connectivity index (χ0) is 12.0. The minimum absolute atomic E-state index is 0.0409. The third-order valence-electron chi connectivity index (χ3n) is 3.35. The van der Waals surface area contributed by atoms with Crippen LogP contribution in [0.3, 0.4) is 0 Å². The number of carbonyl (C=O) groups is 2. The number of carboxylic acids is 1. The molecule has 2 N–H and O–H groups in total. The minimum atomic E-state index is -0.806. The molecule has 92 valence electrons. The number of aliphatic hydroxyl groups is 1. The minimum Gasteiger partial charge on any atom is -0.481 e. The fourth-order valence-corrected chi connectivity index (χ4v) is 2.50. The van der Waals surface area contributed by atoms with Gasteiger partial charge in [0.25, 0.3) is 0 Å². The summed E-state index contributed by atoms with van der Waals surface area (Å²) in [6.45, 7) is 0.192. The molecule has 0 aromatic heterocycles. The van der Waals surface area contributed by atoms with Crippen LogP contribution in [0.15, 0.2) is 0 Å². The standard InChI is InChI=1S/C12H20O4/c13-7-3-1-2-4-10-9(8-12(15)16)5-6-11(10)14/h9-10,13H,1-8H2,(H,15,16)/t9-,10-/m1/s1. The van der Waals surface area contributed by atoms with Crippen molar-refractivity contribution in [2.75, 3.05) is 6.61 Å². The molecule has 1 aliphatic rings. The Hall–Kier alpha value is -0.900. The van der Waals surface area contributed by atoms with Crippen molar-refractivity contribution in [3.05, 3.63) is 0 Å². The van der Waals surface area contributed by atoms with Gasteiger partial charge in [0, 0.05) is 25.4 Å². The van der Waals surface area contributed by atoms with Crippen LogP contribution < -0.4 is 0 Å². The highest BCUT2D eigenvalue weighted by Crippen LogP contribution is 2.34. The van der Waals surface area contributed by atoms with E-state index in [2.05, 4.69) is 0 Å². The van der Waals surface area contributed by atoms with Crippen LogP contribution in [0.2, 0.25) is 0 Å². The second-order valence-corrected chi connectivity index (χ2v) is 4.54. The normalized spacial score (nSPS) is 24.9. The molecule has 4 heteroatoms. The molecule has 4 nitrogen and oxygen atoms in total.